The number of benzene rings is 2. The SMILES string of the molecule is O=C1c2c(OCc3ccccc3)c(=O)ccn2N2Cc3ccc(F)cc3CC/C=C/CN1C2.c1ccncc1. The zero-order valence-corrected chi connectivity index (χ0v) is 21.4. The van der Waals surface area contributed by atoms with E-state index in [1.165, 1.54) is 12.1 Å². The number of allylic oxidation sites excluding steroid dienone is 1. The summed E-state index contributed by atoms with van der Waals surface area (Å²) in [5.74, 6) is -0.474. The van der Waals surface area contributed by atoms with Crippen molar-refractivity contribution in [2.75, 3.05) is 18.2 Å². The van der Waals surface area contributed by atoms with Crippen LogP contribution in [0.25, 0.3) is 0 Å². The zero-order valence-electron chi connectivity index (χ0n) is 21.4. The Morgan fingerprint density at radius 1 is 0.897 bits per heavy atom. The van der Waals surface area contributed by atoms with Crippen LogP contribution in [0, 0.1) is 5.82 Å². The molecule has 1 amide bonds. The summed E-state index contributed by atoms with van der Waals surface area (Å²) in [6, 6.07) is 21.5. The second-order valence-electron chi connectivity index (χ2n) is 9.26. The molecule has 198 valence electrons. The van der Waals surface area contributed by atoms with Crippen molar-refractivity contribution >= 4 is 5.91 Å². The van der Waals surface area contributed by atoms with Crippen molar-refractivity contribution in [3.05, 3.63) is 142 Å². The summed E-state index contributed by atoms with van der Waals surface area (Å²) in [6.07, 6.45) is 10.5. The van der Waals surface area contributed by atoms with E-state index in [1.807, 2.05) is 65.7 Å². The molecule has 2 bridgehead atoms. The fourth-order valence-corrected chi connectivity index (χ4v) is 4.60. The van der Waals surface area contributed by atoms with Crippen LogP contribution in [0.5, 0.6) is 5.75 Å². The first-order chi connectivity index (χ1) is 19.1. The molecular formula is C31H29FN4O3. The van der Waals surface area contributed by atoms with E-state index in [-0.39, 0.29) is 35.2 Å². The average molecular weight is 525 g/mol. The van der Waals surface area contributed by atoms with E-state index in [0.717, 1.165) is 23.1 Å². The first-order valence-electron chi connectivity index (χ1n) is 12.8. The number of hydrogen-bond donors (Lipinski definition) is 0. The number of aryl methyl sites for hydroxylation is 1. The van der Waals surface area contributed by atoms with Crippen molar-refractivity contribution in [3.8, 4) is 5.75 Å². The first kappa shape index (κ1) is 25.9. The van der Waals surface area contributed by atoms with Crippen LogP contribution in [0.3, 0.4) is 0 Å². The van der Waals surface area contributed by atoms with Crippen molar-refractivity contribution in [3.63, 3.8) is 0 Å². The van der Waals surface area contributed by atoms with Crippen LogP contribution in [0.15, 0.2) is 108 Å². The van der Waals surface area contributed by atoms with E-state index >= 15 is 0 Å². The Morgan fingerprint density at radius 3 is 2.44 bits per heavy atom. The summed E-state index contributed by atoms with van der Waals surface area (Å²) in [5, 5.41) is 1.97. The molecule has 0 saturated heterocycles. The largest absolute Gasteiger partial charge is 0.482 e. The van der Waals surface area contributed by atoms with Crippen LogP contribution in [-0.4, -0.2) is 33.7 Å². The second kappa shape index (κ2) is 12.2. The molecule has 0 aliphatic carbocycles. The molecule has 0 spiro atoms. The molecule has 2 aliphatic rings. The maximum absolute atomic E-state index is 13.9. The van der Waals surface area contributed by atoms with Crippen LogP contribution < -0.4 is 15.2 Å². The highest BCUT2D eigenvalue weighted by Gasteiger charge is 2.33. The fourth-order valence-electron chi connectivity index (χ4n) is 4.60. The quantitative estimate of drug-likeness (QED) is 0.364. The molecular weight excluding hydrogens is 495 g/mol. The topological polar surface area (TPSA) is 67.7 Å². The fraction of sp³-hybridized carbons (Fsp3) is 0.194. The Hall–Kier alpha value is -4.72. The molecule has 0 N–H and O–H groups in total. The van der Waals surface area contributed by atoms with E-state index in [2.05, 4.69) is 4.98 Å². The molecule has 2 aliphatic heterocycles. The monoisotopic (exact) mass is 524 g/mol. The molecule has 4 aromatic rings. The van der Waals surface area contributed by atoms with E-state index in [1.54, 1.807) is 40.3 Å². The van der Waals surface area contributed by atoms with Crippen molar-refractivity contribution in [2.24, 2.45) is 0 Å². The van der Waals surface area contributed by atoms with Gasteiger partial charge in [0, 0.05) is 31.2 Å². The van der Waals surface area contributed by atoms with Gasteiger partial charge in [0.15, 0.2) is 11.4 Å². The van der Waals surface area contributed by atoms with Gasteiger partial charge in [-0.3, -0.25) is 24.3 Å². The number of nitrogens with zero attached hydrogens (tertiary/aromatic N) is 4. The maximum Gasteiger partial charge on any atom is 0.278 e. The summed E-state index contributed by atoms with van der Waals surface area (Å²) in [4.78, 5) is 31.7. The Morgan fingerprint density at radius 2 is 1.69 bits per heavy atom. The van der Waals surface area contributed by atoms with Gasteiger partial charge in [0.2, 0.25) is 5.43 Å². The third-order valence-corrected chi connectivity index (χ3v) is 6.55. The average Bonchev–Trinajstić information content (AvgIpc) is 3.00. The van der Waals surface area contributed by atoms with Crippen LogP contribution in [0.2, 0.25) is 0 Å². The minimum atomic E-state index is -0.338. The number of carbonyl (C=O) groups is 1. The standard InChI is InChI=1S/C26H24FN3O3.C5H5N/c27-22-11-10-21-16-29-18-28(13-6-2-5-9-20(21)15-22)26(32)24-25(23(31)12-14-30(24)29)33-17-19-7-3-1-4-8-19;1-2-4-6-5-3-1/h1-4,6-8,10-12,14-15H,5,9,13,16-18H2;1-5H/b6-2+;. The Balaban J connectivity index is 0.000000455. The van der Waals surface area contributed by atoms with Gasteiger partial charge in [-0.15, -0.1) is 0 Å². The molecule has 0 radical (unpaired) electrons. The second-order valence-corrected chi connectivity index (χ2v) is 9.26. The molecule has 6 rings (SSSR count). The van der Waals surface area contributed by atoms with Gasteiger partial charge in [-0.2, -0.15) is 0 Å². The van der Waals surface area contributed by atoms with E-state index in [9.17, 15) is 14.0 Å². The first-order valence-corrected chi connectivity index (χ1v) is 12.8. The number of pyridine rings is 2. The predicted molar refractivity (Wildman–Crippen MR) is 147 cm³/mol. The van der Waals surface area contributed by atoms with Crippen molar-refractivity contribution in [2.45, 2.75) is 26.0 Å². The predicted octanol–water partition coefficient (Wildman–Crippen LogP) is 4.70. The minimum Gasteiger partial charge on any atom is -0.482 e. The highest BCUT2D eigenvalue weighted by atomic mass is 19.1. The summed E-state index contributed by atoms with van der Waals surface area (Å²) in [6.45, 7) is 1.41. The van der Waals surface area contributed by atoms with Crippen LogP contribution in [-0.2, 0) is 19.6 Å². The van der Waals surface area contributed by atoms with Crippen molar-refractivity contribution in [1.82, 2.24) is 14.6 Å². The Bertz CT molecular complexity index is 1480. The number of halogens is 1. The van der Waals surface area contributed by atoms with E-state index < -0.39 is 0 Å². The normalized spacial score (nSPS) is 15.2. The summed E-state index contributed by atoms with van der Waals surface area (Å²) in [7, 11) is 0. The minimum absolute atomic E-state index is 0.0410. The van der Waals surface area contributed by atoms with Gasteiger partial charge in [0.05, 0.1) is 6.54 Å². The Kier molecular flexibility index (Phi) is 8.12. The van der Waals surface area contributed by atoms with E-state index in [0.29, 0.717) is 26.2 Å². The van der Waals surface area contributed by atoms with Crippen LogP contribution in [0.4, 0.5) is 4.39 Å². The lowest BCUT2D eigenvalue weighted by Gasteiger charge is -2.39. The number of fused-ring (bicyclic) bond motifs is 5. The highest BCUT2D eigenvalue weighted by Crippen LogP contribution is 2.25. The molecule has 7 nitrogen and oxygen atoms in total. The highest BCUT2D eigenvalue weighted by molar-refractivity contribution is 5.96. The van der Waals surface area contributed by atoms with Gasteiger partial charge >= 0.3 is 0 Å². The van der Waals surface area contributed by atoms with Crippen molar-refractivity contribution < 1.29 is 13.9 Å². The number of ether oxygens (including phenoxy) is 1. The Labute approximate surface area is 226 Å². The number of amides is 1. The van der Waals surface area contributed by atoms with Gasteiger partial charge < -0.3 is 9.64 Å². The molecule has 2 aromatic carbocycles. The van der Waals surface area contributed by atoms with Crippen LogP contribution >= 0.6 is 0 Å². The molecule has 0 saturated carbocycles. The molecule has 4 heterocycles. The maximum atomic E-state index is 13.9. The number of hydrogen-bond acceptors (Lipinski definition) is 5. The number of rotatable bonds is 3. The summed E-state index contributed by atoms with van der Waals surface area (Å²) < 4.78 is 21.5. The number of aromatic nitrogens is 2. The molecule has 0 atom stereocenters. The van der Waals surface area contributed by atoms with Crippen LogP contribution in [0.1, 0.15) is 33.6 Å². The summed E-state index contributed by atoms with van der Waals surface area (Å²) >= 11 is 0. The van der Waals surface area contributed by atoms with E-state index in [4.69, 9.17) is 4.74 Å². The third kappa shape index (κ3) is 6.23. The lowest BCUT2D eigenvalue weighted by Crippen LogP contribution is -2.53. The van der Waals surface area contributed by atoms with Gasteiger partial charge in [0.1, 0.15) is 19.1 Å². The lowest BCUT2D eigenvalue weighted by atomic mass is 10.0. The molecule has 39 heavy (non-hydrogen) atoms. The van der Waals surface area contributed by atoms with Gasteiger partial charge in [-0.1, -0.05) is 54.6 Å². The van der Waals surface area contributed by atoms with Crippen molar-refractivity contribution in [1.29, 1.82) is 0 Å². The molecule has 0 fully saturated rings. The smallest absolute Gasteiger partial charge is 0.278 e. The lowest BCUT2D eigenvalue weighted by molar-refractivity contribution is 0.0703. The molecule has 2 aromatic heterocycles. The van der Waals surface area contributed by atoms with Gasteiger partial charge in [0.25, 0.3) is 5.91 Å². The molecule has 8 heteroatoms. The zero-order chi connectivity index (χ0) is 27.0. The van der Waals surface area contributed by atoms with Gasteiger partial charge in [-0.05, 0) is 53.8 Å². The van der Waals surface area contributed by atoms with Gasteiger partial charge in [-0.25, -0.2) is 4.39 Å². The molecule has 0 unspecified atom stereocenters. The third-order valence-electron chi connectivity index (χ3n) is 6.55. The number of carbonyl (C=O) groups excluding carboxylic acids is 1. The summed E-state index contributed by atoms with van der Waals surface area (Å²) in [5.41, 5.74) is 2.70.